The van der Waals surface area contributed by atoms with Gasteiger partial charge in [0.05, 0.1) is 5.36 Å². The largest absolute Gasteiger partial charge is 0.453 e. The third kappa shape index (κ3) is 2.69. The van der Waals surface area contributed by atoms with E-state index in [1.54, 1.807) is 0 Å². The van der Waals surface area contributed by atoms with Gasteiger partial charge < -0.3 is 9.32 Å². The van der Waals surface area contributed by atoms with Crippen molar-refractivity contribution in [3.8, 4) is 11.5 Å². The second kappa shape index (κ2) is 6.18. The van der Waals surface area contributed by atoms with Crippen LogP contribution in [0, 0.1) is 0 Å². The molecule has 0 N–H and O–H groups in total. The monoisotopic (exact) mass is 295 g/mol. The van der Waals surface area contributed by atoms with Crippen molar-refractivity contribution in [1.29, 1.82) is 0 Å². The first-order chi connectivity index (χ1) is 10.7. The normalized spacial score (nSPS) is 12.2. The molecular formula is C18H21N3O. The summed E-state index contributed by atoms with van der Waals surface area (Å²) in [5.74, 6) is 0.777. The van der Waals surface area contributed by atoms with E-state index in [-0.39, 0.29) is 0 Å². The van der Waals surface area contributed by atoms with Crippen LogP contribution in [0.2, 0.25) is 0 Å². The number of aromatic nitrogens is 1. The quantitative estimate of drug-likeness (QED) is 0.689. The van der Waals surface area contributed by atoms with Crippen molar-refractivity contribution in [2.75, 3.05) is 24.5 Å². The number of hydrogen-bond donors (Lipinski definition) is 0. The average Bonchev–Trinajstić information content (AvgIpc) is 2.54. The van der Waals surface area contributed by atoms with Crippen LogP contribution in [0.3, 0.4) is 0 Å². The summed E-state index contributed by atoms with van der Waals surface area (Å²) < 4.78 is 6.06. The van der Waals surface area contributed by atoms with Crippen LogP contribution >= 0.6 is 0 Å². The number of fused-ring (bicyclic) bond motifs is 2. The van der Waals surface area contributed by atoms with Gasteiger partial charge in [0.25, 0.3) is 0 Å². The highest BCUT2D eigenvalue weighted by atomic mass is 16.3. The van der Waals surface area contributed by atoms with Crippen molar-refractivity contribution < 1.29 is 4.42 Å². The molecule has 0 saturated carbocycles. The van der Waals surface area contributed by atoms with Gasteiger partial charge in [-0.05, 0) is 45.0 Å². The van der Waals surface area contributed by atoms with Gasteiger partial charge in [0, 0.05) is 37.5 Å². The van der Waals surface area contributed by atoms with Gasteiger partial charge in [0.1, 0.15) is 11.2 Å². The molecule has 1 aromatic carbocycles. The van der Waals surface area contributed by atoms with Crippen LogP contribution in [-0.2, 0) is 0 Å². The van der Waals surface area contributed by atoms with E-state index in [0.29, 0.717) is 0 Å². The Labute approximate surface area is 130 Å². The molecule has 0 amide bonds. The maximum Gasteiger partial charge on any atom is 0.155 e. The first-order valence-electron chi connectivity index (χ1n) is 7.85. The minimum atomic E-state index is 0.763. The Balaban J connectivity index is 2.17. The number of nitrogens with zero attached hydrogens (tertiary/aromatic N) is 3. The summed E-state index contributed by atoms with van der Waals surface area (Å²) in [6.07, 6.45) is 0. The van der Waals surface area contributed by atoms with E-state index >= 15 is 0 Å². The summed E-state index contributed by atoms with van der Waals surface area (Å²) in [5.41, 5.74) is 3.71. The Kier molecular flexibility index (Phi) is 4.09. The lowest BCUT2D eigenvalue weighted by Gasteiger charge is -2.21. The molecule has 1 aliphatic carbocycles. The molecule has 22 heavy (non-hydrogen) atoms. The van der Waals surface area contributed by atoms with E-state index in [0.717, 1.165) is 53.2 Å². The SMILES string of the molecule is CC/N=c1/ccc2nc3ccc(N(CC)CC)cc3oc-2c1. The number of rotatable bonds is 4. The van der Waals surface area contributed by atoms with Crippen LogP contribution in [0.5, 0.6) is 0 Å². The molecule has 0 fully saturated rings. The first kappa shape index (κ1) is 14.6. The third-order valence-electron chi connectivity index (χ3n) is 3.82. The zero-order valence-electron chi connectivity index (χ0n) is 13.3. The van der Waals surface area contributed by atoms with Crippen LogP contribution in [0.4, 0.5) is 5.69 Å². The maximum atomic E-state index is 6.06. The molecule has 4 nitrogen and oxygen atoms in total. The topological polar surface area (TPSA) is 41.6 Å². The van der Waals surface area contributed by atoms with E-state index in [1.165, 1.54) is 0 Å². The molecule has 0 spiro atoms. The Bertz CT molecular complexity index is 818. The predicted molar refractivity (Wildman–Crippen MR) is 90.3 cm³/mol. The molecule has 0 radical (unpaired) electrons. The van der Waals surface area contributed by atoms with Gasteiger partial charge in [-0.15, -0.1) is 0 Å². The second-order valence-electron chi connectivity index (χ2n) is 5.16. The van der Waals surface area contributed by atoms with Gasteiger partial charge in [-0.2, -0.15) is 0 Å². The fourth-order valence-corrected chi connectivity index (χ4v) is 2.67. The Morgan fingerprint density at radius 3 is 2.59 bits per heavy atom. The zero-order chi connectivity index (χ0) is 15.5. The van der Waals surface area contributed by atoms with Crippen LogP contribution in [0.25, 0.3) is 22.6 Å². The van der Waals surface area contributed by atoms with Crippen molar-refractivity contribution in [2.45, 2.75) is 20.8 Å². The first-order valence-corrected chi connectivity index (χ1v) is 7.85. The van der Waals surface area contributed by atoms with Crippen LogP contribution in [-0.4, -0.2) is 24.6 Å². The van der Waals surface area contributed by atoms with Gasteiger partial charge in [-0.25, -0.2) is 4.98 Å². The highest BCUT2D eigenvalue weighted by molar-refractivity contribution is 5.80. The summed E-state index contributed by atoms with van der Waals surface area (Å²) in [5, 5.41) is 0.930. The highest BCUT2D eigenvalue weighted by Gasteiger charge is 2.10. The molecule has 0 aromatic heterocycles. The molecular weight excluding hydrogens is 274 g/mol. The Morgan fingerprint density at radius 1 is 1.05 bits per heavy atom. The number of benzene rings is 2. The standard InChI is InChI=1S/C18H21N3O/c1-4-19-13-7-9-15-17(11-13)22-18-12-14(21(5-2)6-3)8-10-16(18)20-15/h7-12H,4-6H2,1-3H3/b19-13-. The molecule has 2 aliphatic rings. The molecule has 0 bridgehead atoms. The summed E-state index contributed by atoms with van der Waals surface area (Å²) in [7, 11) is 0. The van der Waals surface area contributed by atoms with Gasteiger partial charge >= 0.3 is 0 Å². The molecule has 114 valence electrons. The Hall–Kier alpha value is -2.36. The summed E-state index contributed by atoms with van der Waals surface area (Å²) in [6.45, 7) is 9.05. The molecule has 3 rings (SSSR count). The van der Waals surface area contributed by atoms with Crippen LogP contribution in [0.15, 0.2) is 45.8 Å². The molecule has 1 aliphatic heterocycles. The molecule has 4 heteroatoms. The van der Waals surface area contributed by atoms with E-state index in [1.807, 2.05) is 31.2 Å². The van der Waals surface area contributed by atoms with Crippen LogP contribution in [0.1, 0.15) is 20.8 Å². The lowest BCUT2D eigenvalue weighted by atomic mass is 10.2. The van der Waals surface area contributed by atoms with Gasteiger partial charge in [-0.1, -0.05) is 0 Å². The lowest BCUT2D eigenvalue weighted by molar-refractivity contribution is 0.612. The lowest BCUT2D eigenvalue weighted by Crippen LogP contribution is -2.21. The fourth-order valence-electron chi connectivity index (χ4n) is 2.67. The molecule has 1 aromatic rings. The van der Waals surface area contributed by atoms with Crippen molar-refractivity contribution in [3.63, 3.8) is 0 Å². The van der Waals surface area contributed by atoms with Crippen molar-refractivity contribution in [2.24, 2.45) is 4.99 Å². The second-order valence-corrected chi connectivity index (χ2v) is 5.16. The zero-order valence-corrected chi connectivity index (χ0v) is 13.3. The summed E-state index contributed by atoms with van der Waals surface area (Å²) in [6, 6.07) is 12.1. The summed E-state index contributed by atoms with van der Waals surface area (Å²) >= 11 is 0. The van der Waals surface area contributed by atoms with Crippen LogP contribution < -0.4 is 10.3 Å². The summed E-state index contributed by atoms with van der Waals surface area (Å²) in [4.78, 5) is 11.4. The van der Waals surface area contributed by atoms with E-state index in [4.69, 9.17) is 4.42 Å². The number of anilines is 1. The van der Waals surface area contributed by atoms with E-state index in [9.17, 15) is 0 Å². The third-order valence-corrected chi connectivity index (χ3v) is 3.82. The minimum absolute atomic E-state index is 0.763. The maximum absolute atomic E-state index is 6.06. The fraction of sp³-hybridized carbons (Fsp3) is 0.333. The van der Waals surface area contributed by atoms with Gasteiger partial charge in [-0.3, -0.25) is 4.99 Å². The Morgan fingerprint density at radius 2 is 1.86 bits per heavy atom. The highest BCUT2D eigenvalue weighted by Crippen LogP contribution is 2.26. The molecule has 0 saturated heterocycles. The molecule has 1 heterocycles. The van der Waals surface area contributed by atoms with E-state index in [2.05, 4.69) is 40.9 Å². The molecule has 0 atom stereocenters. The predicted octanol–water partition coefficient (Wildman–Crippen LogP) is 3.70. The van der Waals surface area contributed by atoms with Gasteiger partial charge in [0.2, 0.25) is 0 Å². The smallest absolute Gasteiger partial charge is 0.155 e. The van der Waals surface area contributed by atoms with E-state index < -0.39 is 0 Å². The van der Waals surface area contributed by atoms with Gasteiger partial charge in [0.15, 0.2) is 11.3 Å². The van der Waals surface area contributed by atoms with Crippen molar-refractivity contribution >= 4 is 16.8 Å². The van der Waals surface area contributed by atoms with Crippen molar-refractivity contribution in [1.82, 2.24) is 4.98 Å². The molecule has 0 unspecified atom stereocenters. The van der Waals surface area contributed by atoms with Crippen molar-refractivity contribution in [3.05, 3.63) is 41.8 Å². The average molecular weight is 295 g/mol. The number of hydrogen-bond acceptors (Lipinski definition) is 4. The minimum Gasteiger partial charge on any atom is -0.453 e.